The minimum atomic E-state index is -0.278. The number of fused-ring (bicyclic) bond motifs is 1. The third-order valence-electron chi connectivity index (χ3n) is 7.69. The highest BCUT2D eigenvalue weighted by atomic mass is 16.5. The van der Waals surface area contributed by atoms with Crippen molar-refractivity contribution in [2.75, 3.05) is 49.8 Å². The monoisotopic (exact) mass is 554 g/mol. The molecule has 0 aliphatic carbocycles. The molecule has 214 valence electrons. The number of amides is 1. The van der Waals surface area contributed by atoms with Gasteiger partial charge in [0.1, 0.15) is 17.9 Å². The number of ether oxygens (including phenoxy) is 1. The van der Waals surface area contributed by atoms with Crippen LogP contribution in [-0.2, 0) is 4.79 Å². The summed E-state index contributed by atoms with van der Waals surface area (Å²) in [7, 11) is 5.85. The summed E-state index contributed by atoms with van der Waals surface area (Å²) in [6.45, 7) is 9.92. The number of hydrogen-bond donors (Lipinski definition) is 2. The summed E-state index contributed by atoms with van der Waals surface area (Å²) in [5.41, 5.74) is 5.05. The van der Waals surface area contributed by atoms with Gasteiger partial charge in [-0.15, -0.1) is 0 Å². The average Bonchev–Trinajstić information content (AvgIpc) is 3.41. The summed E-state index contributed by atoms with van der Waals surface area (Å²) >= 11 is 0. The van der Waals surface area contributed by atoms with E-state index in [4.69, 9.17) is 4.74 Å². The van der Waals surface area contributed by atoms with Crippen molar-refractivity contribution in [1.82, 2.24) is 24.6 Å². The Morgan fingerprint density at radius 3 is 2.63 bits per heavy atom. The zero-order chi connectivity index (χ0) is 29.1. The Labute approximate surface area is 241 Å². The summed E-state index contributed by atoms with van der Waals surface area (Å²) in [5.74, 6) is 0.961. The summed E-state index contributed by atoms with van der Waals surface area (Å²) in [6, 6.07) is 12.6. The first kappa shape index (κ1) is 28.1. The van der Waals surface area contributed by atoms with Crippen LogP contribution < -0.4 is 20.3 Å². The van der Waals surface area contributed by atoms with Gasteiger partial charge in [-0.2, -0.15) is 5.10 Å². The molecule has 0 bridgehead atoms. The number of benzene rings is 2. The minimum absolute atomic E-state index is 0.278. The molecule has 5 rings (SSSR count). The summed E-state index contributed by atoms with van der Waals surface area (Å²) in [5, 5.41) is 11.9. The standard InChI is InChI=1S/C31H38N8O2/c1-7-31(40)36-25-15-26(29(41-6)17-28(25)38(5)23-10-12-37(4)13-11-23)35-30-16-24(32-19-33-30)21-8-9-27-22(14-21)18-34-39(27)20(2)3/h7-9,14-20,23H,1,10-13H2,2-6H3,(H,36,40)(H,32,33,35). The van der Waals surface area contributed by atoms with Crippen LogP contribution in [-0.4, -0.2) is 70.9 Å². The van der Waals surface area contributed by atoms with Crippen LogP contribution >= 0.6 is 0 Å². The van der Waals surface area contributed by atoms with Gasteiger partial charge < -0.3 is 25.2 Å². The number of piperidine rings is 1. The summed E-state index contributed by atoms with van der Waals surface area (Å²) in [6.07, 6.45) is 6.77. The zero-order valence-electron chi connectivity index (χ0n) is 24.4. The van der Waals surface area contributed by atoms with Crippen molar-refractivity contribution in [3.63, 3.8) is 0 Å². The minimum Gasteiger partial charge on any atom is -0.494 e. The van der Waals surface area contributed by atoms with Gasteiger partial charge in [0.05, 0.1) is 41.6 Å². The predicted octanol–water partition coefficient (Wildman–Crippen LogP) is 5.48. The second-order valence-corrected chi connectivity index (χ2v) is 10.8. The fourth-order valence-corrected chi connectivity index (χ4v) is 5.34. The van der Waals surface area contributed by atoms with Gasteiger partial charge in [0, 0.05) is 42.2 Å². The van der Waals surface area contributed by atoms with E-state index < -0.39 is 0 Å². The van der Waals surface area contributed by atoms with Crippen LogP contribution in [0.4, 0.5) is 22.9 Å². The number of carbonyl (C=O) groups is 1. The lowest BCUT2D eigenvalue weighted by Crippen LogP contribution is -2.42. The first-order chi connectivity index (χ1) is 19.8. The molecule has 1 amide bonds. The Balaban J connectivity index is 1.46. The molecule has 0 atom stereocenters. The van der Waals surface area contributed by atoms with Gasteiger partial charge in [-0.05, 0) is 71.1 Å². The van der Waals surface area contributed by atoms with Crippen LogP contribution in [0.3, 0.4) is 0 Å². The number of aromatic nitrogens is 4. The number of hydrogen-bond acceptors (Lipinski definition) is 8. The van der Waals surface area contributed by atoms with E-state index in [0.29, 0.717) is 29.0 Å². The molecule has 2 aromatic carbocycles. The van der Waals surface area contributed by atoms with Gasteiger partial charge in [0.15, 0.2) is 0 Å². The van der Waals surface area contributed by atoms with E-state index in [-0.39, 0.29) is 11.9 Å². The largest absolute Gasteiger partial charge is 0.494 e. The fourth-order valence-electron chi connectivity index (χ4n) is 5.34. The Morgan fingerprint density at radius 2 is 1.93 bits per heavy atom. The molecular formula is C31H38N8O2. The van der Waals surface area contributed by atoms with E-state index >= 15 is 0 Å². The highest BCUT2D eigenvalue weighted by Crippen LogP contribution is 2.40. The van der Waals surface area contributed by atoms with E-state index in [1.54, 1.807) is 7.11 Å². The first-order valence-corrected chi connectivity index (χ1v) is 13.9. The number of methoxy groups -OCH3 is 1. The molecule has 3 heterocycles. The molecule has 0 unspecified atom stereocenters. The van der Waals surface area contributed by atoms with Gasteiger partial charge in [-0.3, -0.25) is 9.48 Å². The van der Waals surface area contributed by atoms with Crippen molar-refractivity contribution >= 4 is 39.7 Å². The van der Waals surface area contributed by atoms with Crippen molar-refractivity contribution in [3.8, 4) is 17.0 Å². The van der Waals surface area contributed by atoms with Gasteiger partial charge in [-0.25, -0.2) is 9.97 Å². The SMILES string of the molecule is C=CC(=O)Nc1cc(Nc2cc(-c3ccc4c(cnn4C(C)C)c3)ncn2)c(OC)cc1N(C)C1CCN(C)CC1. The second-order valence-electron chi connectivity index (χ2n) is 10.8. The van der Waals surface area contributed by atoms with Crippen molar-refractivity contribution in [3.05, 3.63) is 61.6 Å². The topological polar surface area (TPSA) is 100 Å². The molecule has 0 spiro atoms. The van der Waals surface area contributed by atoms with Gasteiger partial charge in [-0.1, -0.05) is 12.6 Å². The highest BCUT2D eigenvalue weighted by Gasteiger charge is 2.24. The molecule has 4 aromatic rings. The lowest BCUT2D eigenvalue weighted by molar-refractivity contribution is -0.111. The van der Waals surface area contributed by atoms with E-state index in [0.717, 1.165) is 53.8 Å². The van der Waals surface area contributed by atoms with Crippen LogP contribution in [0.1, 0.15) is 32.7 Å². The molecule has 1 aliphatic heterocycles. The molecular weight excluding hydrogens is 516 g/mol. The van der Waals surface area contributed by atoms with Gasteiger partial charge in [0.25, 0.3) is 0 Å². The van der Waals surface area contributed by atoms with E-state index in [1.807, 2.05) is 35.1 Å². The number of carbonyl (C=O) groups excluding carboxylic acids is 1. The van der Waals surface area contributed by atoms with Crippen molar-refractivity contribution in [2.24, 2.45) is 0 Å². The van der Waals surface area contributed by atoms with Crippen molar-refractivity contribution < 1.29 is 9.53 Å². The number of anilines is 4. The van der Waals surface area contributed by atoms with E-state index in [2.05, 4.69) is 82.2 Å². The predicted molar refractivity (Wildman–Crippen MR) is 165 cm³/mol. The number of nitrogens with one attached hydrogen (secondary N) is 2. The van der Waals surface area contributed by atoms with Gasteiger partial charge in [0.2, 0.25) is 5.91 Å². The summed E-state index contributed by atoms with van der Waals surface area (Å²) < 4.78 is 7.81. The smallest absolute Gasteiger partial charge is 0.247 e. The van der Waals surface area contributed by atoms with E-state index in [1.165, 1.54) is 12.4 Å². The average molecular weight is 555 g/mol. The maximum Gasteiger partial charge on any atom is 0.247 e. The van der Waals surface area contributed by atoms with E-state index in [9.17, 15) is 4.79 Å². The van der Waals surface area contributed by atoms with Crippen molar-refractivity contribution in [2.45, 2.75) is 38.8 Å². The third kappa shape index (κ3) is 6.02. The zero-order valence-corrected chi connectivity index (χ0v) is 24.4. The molecule has 10 heteroatoms. The lowest BCUT2D eigenvalue weighted by atomic mass is 10.0. The van der Waals surface area contributed by atoms with Crippen LogP contribution in [0.2, 0.25) is 0 Å². The Kier molecular flexibility index (Phi) is 8.21. The van der Waals surface area contributed by atoms with Crippen molar-refractivity contribution in [1.29, 1.82) is 0 Å². The van der Waals surface area contributed by atoms with Crippen LogP contribution in [0, 0.1) is 0 Å². The molecule has 2 N–H and O–H groups in total. The van der Waals surface area contributed by atoms with Gasteiger partial charge >= 0.3 is 0 Å². The van der Waals surface area contributed by atoms with Crippen LogP contribution in [0.25, 0.3) is 22.2 Å². The third-order valence-corrected chi connectivity index (χ3v) is 7.69. The molecule has 1 saturated heterocycles. The Bertz CT molecular complexity index is 1560. The summed E-state index contributed by atoms with van der Waals surface area (Å²) in [4.78, 5) is 25.9. The molecule has 0 radical (unpaired) electrons. The number of rotatable bonds is 9. The van der Waals surface area contributed by atoms with Crippen LogP contribution in [0.15, 0.2) is 61.6 Å². The fraction of sp³-hybridized carbons (Fsp3) is 0.355. The highest BCUT2D eigenvalue weighted by molar-refractivity contribution is 6.02. The molecule has 2 aromatic heterocycles. The quantitative estimate of drug-likeness (QED) is 0.262. The normalized spacial score (nSPS) is 14.3. The molecule has 1 aliphatic rings. The first-order valence-electron chi connectivity index (χ1n) is 13.9. The maximum absolute atomic E-state index is 12.4. The Hall–Kier alpha value is -4.44. The molecule has 0 saturated carbocycles. The van der Waals surface area contributed by atoms with Crippen LogP contribution in [0.5, 0.6) is 5.75 Å². The lowest BCUT2D eigenvalue weighted by Gasteiger charge is -2.37. The molecule has 10 nitrogen and oxygen atoms in total. The number of likely N-dealkylation sites (tertiary alicyclic amines) is 1. The molecule has 41 heavy (non-hydrogen) atoms. The molecule has 1 fully saturated rings. The number of nitrogens with zero attached hydrogens (tertiary/aromatic N) is 6. The second kappa shape index (κ2) is 12.0. The Morgan fingerprint density at radius 1 is 1.15 bits per heavy atom. The maximum atomic E-state index is 12.4.